The molecule has 6 heteroatoms. The van der Waals surface area contributed by atoms with Gasteiger partial charge in [-0.15, -0.1) is 0 Å². The summed E-state index contributed by atoms with van der Waals surface area (Å²) in [5.41, 5.74) is 1.19. The Hall–Kier alpha value is -3.54. The van der Waals surface area contributed by atoms with Crippen LogP contribution in [0.4, 0.5) is 14.5 Å². The predicted octanol–water partition coefficient (Wildman–Crippen LogP) is 4.91. The number of methoxy groups -OCH3 is 1. The Morgan fingerprint density at radius 1 is 1.00 bits per heavy atom. The number of anilines is 1. The van der Waals surface area contributed by atoms with Gasteiger partial charge in [0.1, 0.15) is 5.71 Å². The maximum atomic E-state index is 13.6. The predicted molar refractivity (Wildman–Crippen MR) is 110 cm³/mol. The summed E-state index contributed by atoms with van der Waals surface area (Å²) in [6, 6.07) is 21.1. The number of hydrogen-bond donors (Lipinski definition) is 0. The fraction of sp³-hybridized carbons (Fsp3) is 0.130. The molecule has 1 aliphatic heterocycles. The van der Waals surface area contributed by atoms with E-state index in [1.54, 1.807) is 30.3 Å². The summed E-state index contributed by atoms with van der Waals surface area (Å²) in [7, 11) is 1.27. The van der Waals surface area contributed by atoms with Crippen molar-refractivity contribution in [2.24, 2.45) is 5.10 Å². The maximum Gasteiger partial charge on any atom is 0.335 e. The van der Waals surface area contributed by atoms with E-state index in [-0.39, 0.29) is 0 Å². The summed E-state index contributed by atoms with van der Waals surface area (Å²) in [6.07, 6.45) is -1.51. The second-order valence-electron chi connectivity index (χ2n) is 6.59. The summed E-state index contributed by atoms with van der Waals surface area (Å²) >= 11 is 0. The van der Waals surface area contributed by atoms with E-state index in [9.17, 15) is 13.6 Å². The molecule has 146 valence electrons. The molecule has 0 saturated heterocycles. The number of benzene rings is 3. The number of hydrazone groups is 1. The van der Waals surface area contributed by atoms with Gasteiger partial charge in [-0.25, -0.2) is 18.6 Å². The number of rotatable bonds is 4. The Morgan fingerprint density at radius 2 is 1.69 bits per heavy atom. The van der Waals surface area contributed by atoms with Crippen LogP contribution in [0.5, 0.6) is 0 Å². The summed E-state index contributed by atoms with van der Waals surface area (Å²) in [5.74, 6) is -0.578. The lowest BCUT2D eigenvalue weighted by molar-refractivity contribution is -0.140. The van der Waals surface area contributed by atoms with Crippen LogP contribution in [0.25, 0.3) is 16.3 Å². The SMILES string of the molecule is COC(=O)C1C(c2ccccc2)=CC(C(F)F)=NN1c1ccc2ccccc2c1. The van der Waals surface area contributed by atoms with E-state index in [1.807, 2.05) is 42.5 Å². The third kappa shape index (κ3) is 3.61. The number of halogens is 2. The number of allylic oxidation sites excluding steroid dienone is 1. The van der Waals surface area contributed by atoms with Gasteiger partial charge in [-0.2, -0.15) is 5.10 Å². The van der Waals surface area contributed by atoms with E-state index in [4.69, 9.17) is 4.74 Å². The van der Waals surface area contributed by atoms with Crippen LogP contribution in [-0.4, -0.2) is 31.3 Å². The smallest absolute Gasteiger partial charge is 0.335 e. The van der Waals surface area contributed by atoms with Gasteiger partial charge >= 0.3 is 5.97 Å². The first-order valence-corrected chi connectivity index (χ1v) is 9.08. The summed E-state index contributed by atoms with van der Waals surface area (Å²) in [6.45, 7) is 0. The molecule has 4 nitrogen and oxygen atoms in total. The Bertz CT molecular complexity index is 1110. The van der Waals surface area contributed by atoms with E-state index in [1.165, 1.54) is 18.2 Å². The number of alkyl halides is 2. The second-order valence-corrected chi connectivity index (χ2v) is 6.59. The Morgan fingerprint density at radius 3 is 2.38 bits per heavy atom. The van der Waals surface area contributed by atoms with Crippen LogP contribution in [0, 0.1) is 0 Å². The second kappa shape index (κ2) is 7.83. The van der Waals surface area contributed by atoms with Crippen LogP contribution >= 0.6 is 0 Å². The molecule has 1 aliphatic rings. The Kier molecular flexibility index (Phi) is 5.08. The van der Waals surface area contributed by atoms with E-state index in [0.717, 1.165) is 10.8 Å². The lowest BCUT2D eigenvalue weighted by atomic mass is 9.94. The summed E-state index contributed by atoms with van der Waals surface area (Å²) < 4.78 is 32.3. The molecular weight excluding hydrogens is 374 g/mol. The lowest BCUT2D eigenvalue weighted by Gasteiger charge is -2.33. The van der Waals surface area contributed by atoms with Gasteiger partial charge in [0.25, 0.3) is 6.43 Å². The minimum absolute atomic E-state index is 0.405. The number of carbonyl (C=O) groups excluding carboxylic acids is 1. The fourth-order valence-corrected chi connectivity index (χ4v) is 3.42. The average molecular weight is 392 g/mol. The normalized spacial score (nSPS) is 16.6. The molecule has 29 heavy (non-hydrogen) atoms. The molecule has 1 atom stereocenters. The van der Waals surface area contributed by atoms with Gasteiger partial charge in [0.2, 0.25) is 0 Å². The number of esters is 1. The van der Waals surface area contributed by atoms with Crippen molar-refractivity contribution in [3.05, 3.63) is 84.4 Å². The van der Waals surface area contributed by atoms with Gasteiger partial charge in [-0.05, 0) is 40.1 Å². The molecule has 0 fully saturated rings. The van der Waals surface area contributed by atoms with Gasteiger partial charge in [0.15, 0.2) is 6.04 Å². The molecule has 1 heterocycles. The molecule has 0 aromatic heterocycles. The van der Waals surface area contributed by atoms with E-state index >= 15 is 0 Å². The highest BCUT2D eigenvalue weighted by atomic mass is 19.3. The van der Waals surface area contributed by atoms with Gasteiger partial charge in [-0.1, -0.05) is 60.7 Å². The number of carbonyl (C=O) groups is 1. The zero-order valence-electron chi connectivity index (χ0n) is 15.6. The third-order valence-corrected chi connectivity index (χ3v) is 4.82. The minimum Gasteiger partial charge on any atom is -0.467 e. The maximum absolute atomic E-state index is 13.6. The highest BCUT2D eigenvalue weighted by molar-refractivity contribution is 6.10. The van der Waals surface area contributed by atoms with Gasteiger partial charge in [-0.3, -0.25) is 0 Å². The molecule has 0 bridgehead atoms. The number of ether oxygens (including phenoxy) is 1. The minimum atomic E-state index is -2.78. The van der Waals surface area contributed by atoms with Crippen molar-refractivity contribution in [1.29, 1.82) is 0 Å². The van der Waals surface area contributed by atoms with Crippen molar-refractivity contribution >= 4 is 33.7 Å². The summed E-state index contributed by atoms with van der Waals surface area (Å²) in [4.78, 5) is 12.7. The number of nitrogens with zero attached hydrogens (tertiary/aromatic N) is 2. The highest BCUT2D eigenvalue weighted by Crippen LogP contribution is 2.33. The molecule has 0 spiro atoms. The van der Waals surface area contributed by atoms with E-state index < -0.39 is 24.1 Å². The molecule has 0 amide bonds. The largest absolute Gasteiger partial charge is 0.467 e. The molecule has 3 aromatic carbocycles. The summed E-state index contributed by atoms with van der Waals surface area (Å²) in [5, 5.41) is 7.34. The highest BCUT2D eigenvalue weighted by Gasteiger charge is 2.36. The van der Waals surface area contributed by atoms with Crippen molar-refractivity contribution in [1.82, 2.24) is 0 Å². The first kappa shape index (κ1) is 18.8. The van der Waals surface area contributed by atoms with Gasteiger partial charge < -0.3 is 4.74 Å². The molecule has 0 radical (unpaired) electrons. The number of hydrogen-bond acceptors (Lipinski definition) is 4. The zero-order valence-corrected chi connectivity index (χ0v) is 15.6. The monoisotopic (exact) mass is 392 g/mol. The van der Waals surface area contributed by atoms with E-state index in [0.29, 0.717) is 16.8 Å². The Labute approximate surface area is 166 Å². The van der Waals surface area contributed by atoms with Gasteiger partial charge in [0, 0.05) is 0 Å². The van der Waals surface area contributed by atoms with Crippen LogP contribution < -0.4 is 5.01 Å². The molecule has 0 N–H and O–H groups in total. The van der Waals surface area contributed by atoms with Crippen molar-refractivity contribution < 1.29 is 18.3 Å². The zero-order chi connectivity index (χ0) is 20.4. The Balaban J connectivity index is 1.89. The standard InChI is InChI=1S/C23H18F2N2O2/c1-29-23(28)21-19(16-8-3-2-4-9-16)14-20(22(24)25)26-27(21)18-12-11-15-7-5-6-10-17(15)13-18/h2-14,21-22H,1H3. The fourth-order valence-electron chi connectivity index (χ4n) is 3.42. The van der Waals surface area contributed by atoms with Crippen molar-refractivity contribution in [3.8, 4) is 0 Å². The third-order valence-electron chi connectivity index (χ3n) is 4.82. The van der Waals surface area contributed by atoms with Crippen molar-refractivity contribution in [2.75, 3.05) is 12.1 Å². The quantitative estimate of drug-likeness (QED) is 0.593. The van der Waals surface area contributed by atoms with Crippen molar-refractivity contribution in [3.63, 3.8) is 0 Å². The van der Waals surface area contributed by atoms with E-state index in [2.05, 4.69) is 5.10 Å². The topological polar surface area (TPSA) is 41.9 Å². The van der Waals surface area contributed by atoms with Crippen LogP contribution in [0.2, 0.25) is 0 Å². The van der Waals surface area contributed by atoms with Crippen LogP contribution in [0.1, 0.15) is 5.56 Å². The van der Waals surface area contributed by atoms with Gasteiger partial charge in [0.05, 0.1) is 12.8 Å². The first-order chi connectivity index (χ1) is 14.1. The van der Waals surface area contributed by atoms with Crippen molar-refractivity contribution in [2.45, 2.75) is 12.5 Å². The molecule has 3 aromatic rings. The molecule has 0 saturated carbocycles. The van der Waals surface area contributed by atoms with Crippen LogP contribution in [0.15, 0.2) is 84.0 Å². The molecular formula is C23H18F2N2O2. The number of fused-ring (bicyclic) bond motifs is 1. The first-order valence-electron chi connectivity index (χ1n) is 9.08. The van der Waals surface area contributed by atoms with Crippen LogP contribution in [0.3, 0.4) is 0 Å². The lowest BCUT2D eigenvalue weighted by Crippen LogP contribution is -2.43. The average Bonchev–Trinajstić information content (AvgIpc) is 2.77. The molecule has 1 unspecified atom stereocenters. The molecule has 0 aliphatic carbocycles. The molecule has 4 rings (SSSR count). The van der Waals surface area contributed by atoms with Crippen LogP contribution in [-0.2, 0) is 9.53 Å².